The topological polar surface area (TPSA) is 46.2 Å². The second-order valence-corrected chi connectivity index (χ2v) is 9.33. The van der Waals surface area contributed by atoms with E-state index in [1.807, 2.05) is 12.1 Å². The molecule has 7 heteroatoms. The minimum atomic E-state index is -0.547. The normalized spacial score (nSPS) is 18.2. The van der Waals surface area contributed by atoms with Gasteiger partial charge in [-0.25, -0.2) is 8.78 Å². The molecule has 0 atom stereocenters. The van der Waals surface area contributed by atoms with Gasteiger partial charge in [-0.05, 0) is 46.5 Å². The van der Waals surface area contributed by atoms with Gasteiger partial charge >= 0.3 is 0 Å². The van der Waals surface area contributed by atoms with Crippen molar-refractivity contribution in [3.63, 3.8) is 0 Å². The first-order valence-corrected chi connectivity index (χ1v) is 12.5. The average Bonchev–Trinajstić information content (AvgIpc) is 2.92. The molecular weight excluding hydrogens is 478 g/mol. The van der Waals surface area contributed by atoms with Gasteiger partial charge in [-0.3, -0.25) is 0 Å². The Hall–Kier alpha value is -2.94. The van der Waals surface area contributed by atoms with Crippen LogP contribution in [-0.2, 0) is 47.7 Å². The molecule has 2 aromatic rings. The molecule has 196 valence electrons. The maximum atomic E-state index is 14.3. The maximum Gasteiger partial charge on any atom is 0.130 e. The van der Waals surface area contributed by atoms with E-state index >= 15 is 0 Å². The van der Waals surface area contributed by atoms with Crippen LogP contribution in [0.4, 0.5) is 8.78 Å². The Morgan fingerprint density at radius 3 is 1.46 bits per heavy atom. The Morgan fingerprint density at radius 2 is 1.08 bits per heavy atom. The molecule has 4 rings (SSSR count). The highest BCUT2D eigenvalue weighted by Gasteiger charge is 2.36. The highest BCUT2D eigenvalue weighted by atomic mass is 19.1. The molecule has 2 fully saturated rings. The zero-order valence-electron chi connectivity index (χ0n) is 21.3. The molecule has 0 unspecified atom stereocenters. The molecule has 0 amide bonds. The van der Waals surface area contributed by atoms with Crippen LogP contribution in [0, 0.1) is 35.7 Å². The van der Waals surface area contributed by atoms with Gasteiger partial charge in [0, 0.05) is 79.2 Å². The van der Waals surface area contributed by atoms with Crippen molar-refractivity contribution in [2.45, 2.75) is 49.7 Å². The average molecular weight is 511 g/mol. The predicted molar refractivity (Wildman–Crippen MR) is 134 cm³/mol. The molecule has 0 aliphatic carbocycles. The fourth-order valence-electron chi connectivity index (χ4n) is 5.03. The van der Waals surface area contributed by atoms with E-state index in [1.165, 1.54) is 24.3 Å². The van der Waals surface area contributed by atoms with Gasteiger partial charge < -0.3 is 23.7 Å². The van der Waals surface area contributed by atoms with Crippen molar-refractivity contribution in [3.05, 3.63) is 70.3 Å². The Morgan fingerprint density at radius 1 is 0.676 bits per heavy atom. The van der Waals surface area contributed by atoms with Crippen molar-refractivity contribution in [2.75, 3.05) is 40.6 Å². The molecule has 0 spiro atoms. The summed E-state index contributed by atoms with van der Waals surface area (Å²) in [6, 6.07) is 9.79. The SMILES string of the molecule is COC1(c2cc(F)cc(CC#COC#CCc3cc(F)cc(C4(OC)CCOCC4)c3)c2)CCOCC1. The Labute approximate surface area is 217 Å². The van der Waals surface area contributed by atoms with E-state index in [4.69, 9.17) is 23.7 Å². The molecule has 0 saturated carbocycles. The lowest BCUT2D eigenvalue weighted by Gasteiger charge is -2.36. The van der Waals surface area contributed by atoms with Crippen LogP contribution >= 0.6 is 0 Å². The van der Waals surface area contributed by atoms with Crippen molar-refractivity contribution in [2.24, 2.45) is 0 Å². The Bertz CT molecular complexity index is 1100. The molecule has 37 heavy (non-hydrogen) atoms. The summed E-state index contributed by atoms with van der Waals surface area (Å²) in [6.45, 7) is 2.30. The van der Waals surface area contributed by atoms with Crippen LogP contribution in [0.1, 0.15) is 47.9 Å². The van der Waals surface area contributed by atoms with Gasteiger partial charge in [-0.2, -0.15) is 0 Å². The number of hydrogen-bond donors (Lipinski definition) is 0. The van der Waals surface area contributed by atoms with Crippen molar-refractivity contribution >= 4 is 0 Å². The molecule has 5 nitrogen and oxygen atoms in total. The van der Waals surface area contributed by atoms with Crippen LogP contribution in [0.3, 0.4) is 0 Å². The minimum absolute atomic E-state index is 0.304. The standard InChI is InChI=1S/C30H32F2O5/c1-33-29(7-13-36-14-8-29)25-17-23(19-27(31)21-25)5-3-11-35-12-4-6-24-18-26(22-28(32)20-24)30(34-2)9-15-37-16-10-30/h17-22H,5-10,13-16H2,1-2H3. The monoisotopic (exact) mass is 510 g/mol. The highest BCUT2D eigenvalue weighted by Crippen LogP contribution is 2.37. The number of ether oxygens (including phenoxy) is 5. The van der Waals surface area contributed by atoms with E-state index in [0.29, 0.717) is 65.0 Å². The van der Waals surface area contributed by atoms with Crippen LogP contribution < -0.4 is 0 Å². The fourth-order valence-corrected chi connectivity index (χ4v) is 5.03. The van der Waals surface area contributed by atoms with Crippen molar-refractivity contribution < 1.29 is 32.5 Å². The molecule has 0 bridgehead atoms. The Kier molecular flexibility index (Phi) is 9.18. The summed E-state index contributed by atoms with van der Waals surface area (Å²) in [5.74, 6) is 5.07. The third-order valence-electron chi connectivity index (χ3n) is 7.18. The number of methoxy groups -OCH3 is 2. The molecule has 2 aliphatic rings. The van der Waals surface area contributed by atoms with E-state index < -0.39 is 11.2 Å². The third-order valence-corrected chi connectivity index (χ3v) is 7.18. The zero-order valence-corrected chi connectivity index (χ0v) is 21.3. The van der Waals surface area contributed by atoms with E-state index in [9.17, 15) is 8.78 Å². The predicted octanol–water partition coefficient (Wildman–Crippen LogP) is 4.99. The second kappa shape index (κ2) is 12.5. The summed E-state index contributed by atoms with van der Waals surface area (Å²) in [5, 5.41) is 0. The molecule has 0 aromatic heterocycles. The summed E-state index contributed by atoms with van der Waals surface area (Å²) in [7, 11) is 3.29. The molecule has 2 aliphatic heterocycles. The lowest BCUT2D eigenvalue weighted by molar-refractivity contribution is -0.0951. The van der Waals surface area contributed by atoms with Gasteiger partial charge in [-0.1, -0.05) is 24.0 Å². The maximum absolute atomic E-state index is 14.3. The van der Waals surface area contributed by atoms with Crippen LogP contribution in [0.25, 0.3) is 0 Å². The number of hydrogen-bond acceptors (Lipinski definition) is 5. The number of rotatable bonds is 6. The smallest absolute Gasteiger partial charge is 0.130 e. The van der Waals surface area contributed by atoms with Crippen molar-refractivity contribution in [1.82, 2.24) is 0 Å². The highest BCUT2D eigenvalue weighted by molar-refractivity contribution is 5.33. The lowest BCUT2D eigenvalue weighted by atomic mass is 9.85. The van der Waals surface area contributed by atoms with Gasteiger partial charge in [0.1, 0.15) is 23.8 Å². The first kappa shape index (κ1) is 27.1. The molecule has 2 aromatic carbocycles. The van der Waals surface area contributed by atoms with Gasteiger partial charge in [0.05, 0.1) is 11.2 Å². The third kappa shape index (κ3) is 6.69. The van der Waals surface area contributed by atoms with Gasteiger partial charge in [0.25, 0.3) is 0 Å². The van der Waals surface area contributed by atoms with E-state index in [1.54, 1.807) is 14.2 Å². The molecular formula is C30H32F2O5. The first-order valence-electron chi connectivity index (χ1n) is 12.5. The number of benzene rings is 2. The van der Waals surface area contributed by atoms with Gasteiger partial charge in [0.15, 0.2) is 0 Å². The van der Waals surface area contributed by atoms with Crippen LogP contribution in [0.15, 0.2) is 36.4 Å². The van der Waals surface area contributed by atoms with E-state index in [0.717, 1.165) is 22.3 Å². The number of halogens is 2. The summed E-state index contributed by atoms with van der Waals surface area (Å²) in [6.07, 6.45) is 8.39. The van der Waals surface area contributed by atoms with Crippen molar-refractivity contribution in [3.8, 4) is 24.1 Å². The second-order valence-electron chi connectivity index (χ2n) is 9.33. The van der Waals surface area contributed by atoms with Crippen LogP contribution in [0.2, 0.25) is 0 Å². The first-order chi connectivity index (χ1) is 18.0. The lowest BCUT2D eigenvalue weighted by Crippen LogP contribution is -2.35. The van der Waals surface area contributed by atoms with E-state index in [-0.39, 0.29) is 11.6 Å². The summed E-state index contributed by atoms with van der Waals surface area (Å²) in [4.78, 5) is 0. The largest absolute Gasteiger partial charge is 0.381 e. The quantitative estimate of drug-likeness (QED) is 0.513. The van der Waals surface area contributed by atoms with Gasteiger partial charge in [-0.15, -0.1) is 0 Å². The summed E-state index contributed by atoms with van der Waals surface area (Å²) in [5.41, 5.74) is 1.95. The minimum Gasteiger partial charge on any atom is -0.381 e. The summed E-state index contributed by atoms with van der Waals surface area (Å²) >= 11 is 0. The fraction of sp³-hybridized carbons (Fsp3) is 0.467. The summed E-state index contributed by atoms with van der Waals surface area (Å²) < 4.78 is 56.2. The van der Waals surface area contributed by atoms with Crippen LogP contribution in [-0.4, -0.2) is 40.6 Å². The Balaban J connectivity index is 1.36. The zero-order chi connectivity index (χ0) is 26.1. The molecule has 2 saturated heterocycles. The molecule has 0 N–H and O–H groups in total. The molecule has 0 radical (unpaired) electrons. The van der Waals surface area contributed by atoms with E-state index in [2.05, 4.69) is 24.1 Å². The van der Waals surface area contributed by atoms with Crippen LogP contribution in [0.5, 0.6) is 0 Å². The molecule has 2 heterocycles. The van der Waals surface area contributed by atoms with Gasteiger partial charge in [0.2, 0.25) is 0 Å². The van der Waals surface area contributed by atoms with Crippen molar-refractivity contribution in [1.29, 1.82) is 0 Å².